The van der Waals surface area contributed by atoms with Gasteiger partial charge in [0.25, 0.3) is 0 Å². The van der Waals surface area contributed by atoms with E-state index < -0.39 is 0 Å². The van der Waals surface area contributed by atoms with Crippen LogP contribution in [-0.2, 0) is 6.42 Å². The number of carbonyl (C=O) groups excluding carboxylic acids is 1. The van der Waals surface area contributed by atoms with Crippen molar-refractivity contribution in [2.24, 2.45) is 5.10 Å². The van der Waals surface area contributed by atoms with Crippen LogP contribution < -0.4 is 20.9 Å². The molecule has 220 valence electrons. The maximum atomic E-state index is 13.7. The van der Waals surface area contributed by atoms with Crippen molar-refractivity contribution in [3.63, 3.8) is 0 Å². The average Bonchev–Trinajstić information content (AvgIpc) is 3.59. The molecule has 0 saturated heterocycles. The number of aromatic nitrogens is 3. The Kier molecular flexibility index (Phi) is 7.79. The highest BCUT2D eigenvalue weighted by Gasteiger charge is 2.26. The van der Waals surface area contributed by atoms with Gasteiger partial charge in [0.15, 0.2) is 17.3 Å². The van der Waals surface area contributed by atoms with Crippen LogP contribution in [0.2, 0.25) is 0 Å². The van der Waals surface area contributed by atoms with Crippen LogP contribution in [0.4, 0.5) is 11.8 Å². The van der Waals surface area contributed by atoms with Crippen LogP contribution in [0.3, 0.4) is 0 Å². The van der Waals surface area contributed by atoms with Crippen molar-refractivity contribution < 1.29 is 14.3 Å². The fourth-order valence-corrected chi connectivity index (χ4v) is 5.34. The molecule has 1 atom stereocenters. The lowest BCUT2D eigenvalue weighted by Crippen LogP contribution is -2.25. The summed E-state index contributed by atoms with van der Waals surface area (Å²) in [6.07, 6.45) is 11.0. The molecule has 6 rings (SSSR count). The first-order chi connectivity index (χ1) is 21.4. The molecule has 0 amide bonds. The third-order valence-corrected chi connectivity index (χ3v) is 7.49. The Balaban J connectivity index is 1.33. The lowest BCUT2D eigenvalue weighted by molar-refractivity contribution is 0.104. The van der Waals surface area contributed by atoms with Gasteiger partial charge in [0, 0.05) is 54.1 Å². The minimum Gasteiger partial charge on any atom is -0.493 e. The van der Waals surface area contributed by atoms with Gasteiger partial charge in [0.05, 0.1) is 26.0 Å². The smallest absolute Gasteiger partial charge is 0.221 e. The number of ketones is 1. The number of nitrogens with two attached hydrogens (primary N) is 2. The van der Waals surface area contributed by atoms with Gasteiger partial charge in [-0.1, -0.05) is 36.4 Å². The van der Waals surface area contributed by atoms with E-state index >= 15 is 0 Å². The fourth-order valence-electron chi connectivity index (χ4n) is 5.34. The molecule has 0 fully saturated rings. The zero-order valence-electron chi connectivity index (χ0n) is 24.3. The Hall–Kier alpha value is -5.90. The predicted octanol–water partition coefficient (Wildman–Crippen LogP) is 5.18. The molecule has 3 heterocycles. The Morgan fingerprint density at radius 2 is 1.75 bits per heavy atom. The van der Waals surface area contributed by atoms with E-state index in [4.69, 9.17) is 26.0 Å². The first kappa shape index (κ1) is 28.2. The second-order valence-corrected chi connectivity index (χ2v) is 10.2. The van der Waals surface area contributed by atoms with E-state index in [1.807, 2.05) is 42.7 Å². The molecule has 10 heteroatoms. The molecular weight excluding hydrogens is 554 g/mol. The minimum atomic E-state index is -0.278. The average molecular weight is 586 g/mol. The van der Waals surface area contributed by atoms with Crippen molar-refractivity contribution in [2.45, 2.75) is 12.5 Å². The second-order valence-electron chi connectivity index (χ2n) is 10.2. The summed E-state index contributed by atoms with van der Waals surface area (Å²) >= 11 is 0. The van der Waals surface area contributed by atoms with Crippen LogP contribution in [0, 0.1) is 0 Å². The van der Waals surface area contributed by atoms with Gasteiger partial charge in [0.1, 0.15) is 11.9 Å². The lowest BCUT2D eigenvalue weighted by atomic mass is 9.93. The second kappa shape index (κ2) is 12.1. The minimum absolute atomic E-state index is 0.0951. The van der Waals surface area contributed by atoms with Crippen molar-refractivity contribution in [3.05, 3.63) is 137 Å². The maximum Gasteiger partial charge on any atom is 0.221 e. The lowest BCUT2D eigenvalue weighted by Gasteiger charge is -2.31. The van der Waals surface area contributed by atoms with Gasteiger partial charge < -0.3 is 25.5 Å². The summed E-state index contributed by atoms with van der Waals surface area (Å²) in [5.41, 5.74) is 17.7. The summed E-state index contributed by atoms with van der Waals surface area (Å²) in [6, 6.07) is 23.7. The molecule has 1 aliphatic heterocycles. The summed E-state index contributed by atoms with van der Waals surface area (Å²) < 4.78 is 13.2. The monoisotopic (exact) mass is 585 g/mol. The van der Waals surface area contributed by atoms with Crippen LogP contribution in [0.5, 0.6) is 11.5 Å². The van der Waals surface area contributed by atoms with Crippen LogP contribution >= 0.6 is 0 Å². The molecule has 4 N–H and O–H groups in total. The van der Waals surface area contributed by atoms with Crippen LogP contribution in [0.25, 0.3) is 5.69 Å². The number of hydrogen-bond acceptors (Lipinski definition) is 9. The van der Waals surface area contributed by atoms with E-state index in [1.165, 1.54) is 20.3 Å². The molecule has 0 bridgehead atoms. The zero-order chi connectivity index (χ0) is 30.6. The topological polar surface area (TPSA) is 134 Å². The zero-order valence-corrected chi connectivity index (χ0v) is 24.3. The molecular formula is C34H31N7O3. The van der Waals surface area contributed by atoms with E-state index in [0.29, 0.717) is 29.0 Å². The number of methoxy groups -OCH3 is 2. The molecule has 1 unspecified atom stereocenters. The Labute approximate surface area is 254 Å². The Morgan fingerprint density at radius 3 is 2.48 bits per heavy atom. The molecule has 5 aromatic rings. The third kappa shape index (κ3) is 5.60. The molecule has 3 aromatic carbocycles. The van der Waals surface area contributed by atoms with Gasteiger partial charge in [-0.25, -0.2) is 4.98 Å². The number of ether oxygens (including phenoxy) is 2. The van der Waals surface area contributed by atoms with Crippen molar-refractivity contribution in [3.8, 4) is 17.2 Å². The number of allylic oxidation sites excluding steroid dienone is 1. The summed E-state index contributed by atoms with van der Waals surface area (Å²) in [5, 5.41) is 6.50. The highest BCUT2D eigenvalue weighted by Crippen LogP contribution is 2.36. The number of carbonyl (C=O) groups is 1. The summed E-state index contributed by atoms with van der Waals surface area (Å²) in [6.45, 7) is 0. The highest BCUT2D eigenvalue weighted by atomic mass is 16.5. The first-order valence-corrected chi connectivity index (χ1v) is 13.9. The molecule has 0 aliphatic carbocycles. The van der Waals surface area contributed by atoms with Gasteiger partial charge in [-0.15, -0.1) is 0 Å². The number of hydrazone groups is 1. The normalized spacial score (nSPS) is 14.0. The maximum absolute atomic E-state index is 13.7. The summed E-state index contributed by atoms with van der Waals surface area (Å²) in [5.74, 6) is 0.840. The molecule has 0 spiro atoms. The van der Waals surface area contributed by atoms with Gasteiger partial charge in [0.2, 0.25) is 5.95 Å². The van der Waals surface area contributed by atoms with E-state index in [-0.39, 0.29) is 23.6 Å². The third-order valence-electron chi connectivity index (χ3n) is 7.49. The highest BCUT2D eigenvalue weighted by molar-refractivity contribution is 6.07. The van der Waals surface area contributed by atoms with Crippen molar-refractivity contribution in [2.75, 3.05) is 25.7 Å². The van der Waals surface area contributed by atoms with Gasteiger partial charge >= 0.3 is 0 Å². The van der Waals surface area contributed by atoms with E-state index in [1.54, 1.807) is 35.8 Å². The van der Waals surface area contributed by atoms with Crippen molar-refractivity contribution >= 4 is 23.8 Å². The number of nitrogen functional groups attached to an aromatic ring is 2. The van der Waals surface area contributed by atoms with Gasteiger partial charge in [-0.3, -0.25) is 9.80 Å². The standard InChI is InChI=1S/C34H31N7O3/c1-43-30-19-22(17-25-20-37-34(36)39-33(25)35)18-28(32(30)44-2)29(42)13-16-41-31(27-8-4-3-7-24(27)21-38-41)23-9-11-26(12-10-23)40-14-5-6-15-40/h3-16,18-21,31H,17H2,1-2H3,(H4,35,36,37,39)/b16-13+. The predicted molar refractivity (Wildman–Crippen MR) is 170 cm³/mol. The summed E-state index contributed by atoms with van der Waals surface area (Å²) in [7, 11) is 3.03. The Morgan fingerprint density at radius 1 is 0.977 bits per heavy atom. The number of benzene rings is 3. The van der Waals surface area contributed by atoms with Gasteiger partial charge in [-0.2, -0.15) is 10.1 Å². The Bertz CT molecular complexity index is 1870. The molecule has 0 radical (unpaired) electrons. The summed E-state index contributed by atoms with van der Waals surface area (Å²) in [4.78, 5) is 21.8. The molecule has 1 aliphatic rings. The van der Waals surface area contributed by atoms with E-state index in [0.717, 1.165) is 27.9 Å². The first-order valence-electron chi connectivity index (χ1n) is 13.9. The molecule has 0 saturated carbocycles. The quantitative estimate of drug-likeness (QED) is 0.179. The molecule has 2 aromatic heterocycles. The number of hydrogen-bond donors (Lipinski definition) is 2. The number of fused-ring (bicyclic) bond motifs is 1. The number of anilines is 2. The molecule has 44 heavy (non-hydrogen) atoms. The van der Waals surface area contributed by atoms with Crippen molar-refractivity contribution in [1.29, 1.82) is 0 Å². The number of nitrogens with zero attached hydrogens (tertiary/aromatic N) is 5. The van der Waals surface area contributed by atoms with Crippen LogP contribution in [0.15, 0.2) is 109 Å². The van der Waals surface area contributed by atoms with Crippen LogP contribution in [0.1, 0.15) is 44.2 Å². The molecule has 10 nitrogen and oxygen atoms in total. The van der Waals surface area contributed by atoms with Gasteiger partial charge in [-0.05, 0) is 53.1 Å². The SMILES string of the molecule is COc1cc(Cc2cnc(N)nc2N)cc(C(=O)/C=C/N2N=Cc3ccccc3C2c2ccc(-n3cccc3)cc2)c1OC. The fraction of sp³-hybridized carbons (Fsp3) is 0.118. The van der Waals surface area contributed by atoms with E-state index in [2.05, 4.69) is 44.9 Å². The van der Waals surface area contributed by atoms with Crippen molar-refractivity contribution in [1.82, 2.24) is 19.5 Å². The number of rotatable bonds is 9. The van der Waals surface area contributed by atoms with Crippen LogP contribution in [-0.4, -0.2) is 45.8 Å². The largest absolute Gasteiger partial charge is 0.493 e. The van der Waals surface area contributed by atoms with E-state index in [9.17, 15) is 4.79 Å².